The minimum absolute atomic E-state index is 0.140. The van der Waals surface area contributed by atoms with Gasteiger partial charge in [-0.25, -0.2) is 4.98 Å². The Balaban J connectivity index is 1.97. The summed E-state index contributed by atoms with van der Waals surface area (Å²) in [5, 5.41) is 5.23. The average molecular weight is 295 g/mol. The Bertz CT molecular complexity index is 689. The number of hydrogen-bond donors (Lipinski definition) is 2. The zero-order valence-electron chi connectivity index (χ0n) is 12.5. The quantitative estimate of drug-likeness (QED) is 0.851. The van der Waals surface area contributed by atoms with Crippen molar-refractivity contribution in [3.05, 3.63) is 65.4 Å². The molecule has 1 aromatic heterocycles. The molecule has 2 rings (SSSR count). The smallest absolute Gasteiger partial charge is 0.251 e. The fraction of sp³-hybridized carbons (Fsp3) is 0.118. The molecule has 1 aromatic carbocycles. The maximum absolute atomic E-state index is 11.8. The van der Waals surface area contributed by atoms with Crippen molar-refractivity contribution in [3.8, 4) is 0 Å². The number of pyridine rings is 1. The van der Waals surface area contributed by atoms with E-state index >= 15 is 0 Å². The maximum atomic E-state index is 11.8. The van der Waals surface area contributed by atoms with E-state index in [1.165, 1.54) is 6.08 Å². The van der Waals surface area contributed by atoms with Gasteiger partial charge in [0.1, 0.15) is 5.82 Å². The first-order valence-corrected chi connectivity index (χ1v) is 6.82. The largest absolute Gasteiger partial charge is 0.355 e. The Morgan fingerprint density at radius 1 is 1.09 bits per heavy atom. The zero-order chi connectivity index (χ0) is 15.9. The molecule has 0 aliphatic rings. The van der Waals surface area contributed by atoms with Gasteiger partial charge in [0, 0.05) is 24.9 Å². The van der Waals surface area contributed by atoms with E-state index < -0.39 is 0 Å². The Morgan fingerprint density at radius 3 is 2.41 bits per heavy atom. The standard InChI is InChI=1S/C17H17N3O2/c1-12-3-9-15(19-11-12)20-16(21)10-6-13-4-7-14(8-5-13)17(22)18-2/h3-11H,1-2H3,(H,18,22)(H,19,20,21)/b10-6-. The highest BCUT2D eigenvalue weighted by Gasteiger charge is 2.02. The normalized spacial score (nSPS) is 10.5. The lowest BCUT2D eigenvalue weighted by Crippen LogP contribution is -2.17. The van der Waals surface area contributed by atoms with E-state index in [2.05, 4.69) is 15.6 Å². The number of anilines is 1. The first-order valence-electron chi connectivity index (χ1n) is 6.82. The molecule has 0 spiro atoms. The molecule has 0 aliphatic carbocycles. The van der Waals surface area contributed by atoms with Crippen molar-refractivity contribution in [3.63, 3.8) is 0 Å². The van der Waals surface area contributed by atoms with Crippen LogP contribution in [-0.2, 0) is 4.79 Å². The van der Waals surface area contributed by atoms with Crippen LogP contribution in [0, 0.1) is 6.92 Å². The summed E-state index contributed by atoms with van der Waals surface area (Å²) >= 11 is 0. The number of hydrogen-bond acceptors (Lipinski definition) is 3. The van der Waals surface area contributed by atoms with Gasteiger partial charge in [-0.2, -0.15) is 0 Å². The fourth-order valence-electron chi connectivity index (χ4n) is 1.77. The molecule has 0 fully saturated rings. The Labute approximate surface area is 129 Å². The molecule has 22 heavy (non-hydrogen) atoms. The van der Waals surface area contributed by atoms with Gasteiger partial charge >= 0.3 is 0 Å². The second kappa shape index (κ2) is 7.17. The molecule has 0 radical (unpaired) electrons. The number of amides is 2. The van der Waals surface area contributed by atoms with E-state index in [-0.39, 0.29) is 11.8 Å². The van der Waals surface area contributed by atoms with Crippen LogP contribution in [0.25, 0.3) is 6.08 Å². The maximum Gasteiger partial charge on any atom is 0.251 e. The van der Waals surface area contributed by atoms with Crippen molar-refractivity contribution in [2.45, 2.75) is 6.92 Å². The van der Waals surface area contributed by atoms with Crippen molar-refractivity contribution in [1.29, 1.82) is 0 Å². The number of benzene rings is 1. The van der Waals surface area contributed by atoms with Crippen LogP contribution in [0.2, 0.25) is 0 Å². The molecular weight excluding hydrogens is 278 g/mol. The third kappa shape index (κ3) is 4.28. The van der Waals surface area contributed by atoms with Crippen LogP contribution >= 0.6 is 0 Å². The fourth-order valence-corrected chi connectivity index (χ4v) is 1.77. The van der Waals surface area contributed by atoms with Gasteiger partial charge in [-0.05, 0) is 42.3 Å². The highest BCUT2D eigenvalue weighted by molar-refractivity contribution is 6.01. The highest BCUT2D eigenvalue weighted by atomic mass is 16.2. The number of nitrogens with zero attached hydrogens (tertiary/aromatic N) is 1. The molecule has 1 heterocycles. The van der Waals surface area contributed by atoms with E-state index in [1.807, 2.05) is 13.0 Å². The minimum Gasteiger partial charge on any atom is -0.355 e. The number of aromatic nitrogens is 1. The molecule has 0 unspecified atom stereocenters. The first-order chi connectivity index (χ1) is 10.6. The summed E-state index contributed by atoms with van der Waals surface area (Å²) in [6.45, 7) is 1.93. The van der Waals surface area contributed by atoms with Crippen molar-refractivity contribution in [2.75, 3.05) is 12.4 Å². The van der Waals surface area contributed by atoms with Crippen LogP contribution in [-0.4, -0.2) is 23.8 Å². The number of nitrogens with one attached hydrogen (secondary N) is 2. The van der Waals surface area contributed by atoms with Gasteiger partial charge in [-0.1, -0.05) is 18.2 Å². The lowest BCUT2D eigenvalue weighted by molar-refractivity contribution is -0.111. The van der Waals surface area contributed by atoms with Crippen LogP contribution in [0.4, 0.5) is 5.82 Å². The summed E-state index contributed by atoms with van der Waals surface area (Å²) in [5.74, 6) is 0.112. The summed E-state index contributed by atoms with van der Waals surface area (Å²) in [6, 6.07) is 10.6. The van der Waals surface area contributed by atoms with Gasteiger partial charge in [0.2, 0.25) is 5.91 Å². The summed E-state index contributed by atoms with van der Waals surface area (Å²) in [5.41, 5.74) is 2.44. The van der Waals surface area contributed by atoms with Crippen LogP contribution in [0.1, 0.15) is 21.5 Å². The van der Waals surface area contributed by atoms with E-state index in [4.69, 9.17) is 0 Å². The molecule has 2 aromatic rings. The van der Waals surface area contributed by atoms with Crippen molar-refractivity contribution in [1.82, 2.24) is 10.3 Å². The lowest BCUT2D eigenvalue weighted by Gasteiger charge is -2.01. The minimum atomic E-state index is -0.258. The summed E-state index contributed by atoms with van der Waals surface area (Å²) in [6.07, 6.45) is 4.80. The third-order valence-corrected chi connectivity index (χ3v) is 2.99. The van der Waals surface area contributed by atoms with Gasteiger partial charge in [0.05, 0.1) is 0 Å². The topological polar surface area (TPSA) is 71.1 Å². The van der Waals surface area contributed by atoms with Crippen molar-refractivity contribution in [2.24, 2.45) is 0 Å². The van der Waals surface area contributed by atoms with Crippen LogP contribution in [0.5, 0.6) is 0 Å². The molecular formula is C17H17N3O2. The molecule has 2 amide bonds. The molecule has 0 atom stereocenters. The van der Waals surface area contributed by atoms with Crippen molar-refractivity contribution >= 4 is 23.7 Å². The Kier molecular flexibility index (Phi) is 5.03. The molecule has 0 saturated heterocycles. The summed E-state index contributed by atoms with van der Waals surface area (Å²) < 4.78 is 0. The summed E-state index contributed by atoms with van der Waals surface area (Å²) in [4.78, 5) is 27.3. The van der Waals surface area contributed by atoms with E-state index in [0.717, 1.165) is 11.1 Å². The lowest BCUT2D eigenvalue weighted by atomic mass is 10.1. The number of carbonyl (C=O) groups is 2. The van der Waals surface area contributed by atoms with E-state index in [9.17, 15) is 9.59 Å². The molecule has 5 heteroatoms. The van der Waals surface area contributed by atoms with Gasteiger partial charge in [0.15, 0.2) is 0 Å². The third-order valence-electron chi connectivity index (χ3n) is 2.99. The number of aryl methyl sites for hydroxylation is 1. The second-order valence-electron chi connectivity index (χ2n) is 4.74. The molecule has 5 nitrogen and oxygen atoms in total. The first kappa shape index (κ1) is 15.4. The van der Waals surface area contributed by atoms with Crippen molar-refractivity contribution < 1.29 is 9.59 Å². The van der Waals surface area contributed by atoms with Gasteiger partial charge in [0.25, 0.3) is 5.91 Å². The predicted molar refractivity (Wildman–Crippen MR) is 86.5 cm³/mol. The van der Waals surface area contributed by atoms with Gasteiger partial charge in [-0.15, -0.1) is 0 Å². The van der Waals surface area contributed by atoms with Gasteiger partial charge in [-0.3, -0.25) is 9.59 Å². The van der Waals surface area contributed by atoms with Crippen LogP contribution < -0.4 is 10.6 Å². The molecule has 0 saturated carbocycles. The number of rotatable bonds is 4. The highest BCUT2D eigenvalue weighted by Crippen LogP contribution is 2.07. The predicted octanol–water partition coefficient (Wildman–Crippen LogP) is 2.40. The van der Waals surface area contributed by atoms with Crippen LogP contribution in [0.3, 0.4) is 0 Å². The zero-order valence-corrected chi connectivity index (χ0v) is 12.5. The Morgan fingerprint density at radius 2 is 1.82 bits per heavy atom. The monoisotopic (exact) mass is 295 g/mol. The average Bonchev–Trinajstić information content (AvgIpc) is 2.55. The van der Waals surface area contributed by atoms with Gasteiger partial charge < -0.3 is 10.6 Å². The second-order valence-corrected chi connectivity index (χ2v) is 4.74. The SMILES string of the molecule is CNC(=O)c1ccc(/C=C\C(=O)Nc2ccc(C)cn2)cc1. The molecule has 2 N–H and O–H groups in total. The van der Waals surface area contributed by atoms with Crippen LogP contribution in [0.15, 0.2) is 48.7 Å². The van der Waals surface area contributed by atoms with E-state index in [0.29, 0.717) is 11.4 Å². The Hall–Kier alpha value is -2.95. The molecule has 112 valence electrons. The van der Waals surface area contributed by atoms with E-state index in [1.54, 1.807) is 49.7 Å². The molecule has 0 aliphatic heterocycles. The molecule has 0 bridgehead atoms. The number of carbonyl (C=O) groups excluding carboxylic acids is 2. The summed E-state index contributed by atoms with van der Waals surface area (Å²) in [7, 11) is 1.58.